The summed E-state index contributed by atoms with van der Waals surface area (Å²) in [5, 5.41) is 16.1. The third-order valence-electron chi connectivity index (χ3n) is 4.18. The summed E-state index contributed by atoms with van der Waals surface area (Å²) in [6, 6.07) is 11.3. The molecule has 0 fully saturated rings. The number of oxime groups is 2. The lowest BCUT2D eigenvalue weighted by Crippen LogP contribution is -2.20. The molecule has 0 aliphatic carbocycles. The summed E-state index contributed by atoms with van der Waals surface area (Å²) in [5.41, 5.74) is 0.523. The topological polar surface area (TPSA) is 98.7 Å². The predicted molar refractivity (Wildman–Crippen MR) is 105 cm³/mol. The minimum absolute atomic E-state index is 0.0180. The van der Waals surface area contributed by atoms with Gasteiger partial charge in [-0.1, -0.05) is 41.6 Å². The van der Waals surface area contributed by atoms with E-state index in [0.717, 1.165) is 12.1 Å². The summed E-state index contributed by atoms with van der Waals surface area (Å²) < 4.78 is 44.3. The summed E-state index contributed by atoms with van der Waals surface area (Å²) in [6.07, 6.45) is -4.50. The molecular formula is C20H20F3N3O4. The second-order valence-corrected chi connectivity index (χ2v) is 5.93. The van der Waals surface area contributed by atoms with E-state index in [1.807, 2.05) is 0 Å². The second kappa shape index (κ2) is 9.79. The molecule has 0 saturated carbocycles. The minimum atomic E-state index is -4.50. The number of ether oxygens (including phenoxy) is 1. The van der Waals surface area contributed by atoms with Crippen molar-refractivity contribution in [2.24, 2.45) is 16.2 Å². The normalized spacial score (nSPS) is 13.6. The molecule has 0 aliphatic heterocycles. The van der Waals surface area contributed by atoms with Crippen LogP contribution >= 0.6 is 0 Å². The average molecular weight is 423 g/mol. The first-order valence-electron chi connectivity index (χ1n) is 8.51. The number of nitrogens with two attached hydrogens (primary N) is 1. The number of halogens is 3. The SMILES string of the molecule is CON=C(C(=NO)OC)c1ccccc1C(ON)=C(C)c1cccc(C(F)(F)F)c1. The monoisotopic (exact) mass is 423 g/mol. The van der Waals surface area contributed by atoms with Crippen LogP contribution in [-0.2, 0) is 20.6 Å². The molecule has 0 bridgehead atoms. The zero-order valence-corrected chi connectivity index (χ0v) is 16.4. The van der Waals surface area contributed by atoms with Crippen LogP contribution in [0.5, 0.6) is 0 Å². The summed E-state index contributed by atoms with van der Waals surface area (Å²) in [5.74, 6) is 5.32. The molecule has 0 spiro atoms. The standard InChI is InChI=1S/C20H20F3N3O4/c1-12(13-7-6-8-14(11-13)20(21,22)23)18(30-24)16-10-5-4-9-15(16)17(26-29-3)19(25-27)28-2/h4-11,27H,24H2,1-3H3. The van der Waals surface area contributed by atoms with E-state index in [1.165, 1.54) is 26.4 Å². The van der Waals surface area contributed by atoms with Crippen LogP contribution in [0.3, 0.4) is 0 Å². The van der Waals surface area contributed by atoms with Crippen LogP contribution in [0.4, 0.5) is 13.2 Å². The molecule has 0 atom stereocenters. The number of hydrogen-bond donors (Lipinski definition) is 2. The Morgan fingerprint density at radius 3 is 2.23 bits per heavy atom. The van der Waals surface area contributed by atoms with E-state index in [-0.39, 0.29) is 22.9 Å². The molecule has 0 radical (unpaired) electrons. The Kier molecular flexibility index (Phi) is 7.43. The molecule has 0 heterocycles. The third-order valence-corrected chi connectivity index (χ3v) is 4.18. The largest absolute Gasteiger partial charge is 0.477 e. The van der Waals surface area contributed by atoms with Crippen molar-refractivity contribution < 1.29 is 32.8 Å². The first-order chi connectivity index (χ1) is 14.3. The van der Waals surface area contributed by atoms with Gasteiger partial charge in [0.05, 0.1) is 12.7 Å². The highest BCUT2D eigenvalue weighted by Crippen LogP contribution is 2.34. The molecule has 2 aromatic rings. The van der Waals surface area contributed by atoms with E-state index in [0.29, 0.717) is 16.7 Å². The molecule has 160 valence electrons. The van der Waals surface area contributed by atoms with Gasteiger partial charge in [-0.3, -0.25) is 0 Å². The maximum atomic E-state index is 13.1. The van der Waals surface area contributed by atoms with Gasteiger partial charge in [0.25, 0.3) is 5.90 Å². The van der Waals surface area contributed by atoms with Gasteiger partial charge in [0.1, 0.15) is 7.11 Å². The summed E-state index contributed by atoms with van der Waals surface area (Å²) in [7, 11) is 2.56. The molecule has 0 aromatic heterocycles. The number of allylic oxidation sites excluding steroid dienone is 1. The smallest absolute Gasteiger partial charge is 0.416 e. The Hall–Kier alpha value is -3.53. The zero-order valence-electron chi connectivity index (χ0n) is 16.4. The fourth-order valence-corrected chi connectivity index (χ4v) is 2.78. The highest BCUT2D eigenvalue weighted by atomic mass is 19.4. The lowest BCUT2D eigenvalue weighted by Gasteiger charge is -2.16. The van der Waals surface area contributed by atoms with Crippen molar-refractivity contribution in [1.29, 1.82) is 0 Å². The van der Waals surface area contributed by atoms with Crippen LogP contribution in [-0.4, -0.2) is 31.0 Å². The highest BCUT2D eigenvalue weighted by Gasteiger charge is 2.31. The maximum Gasteiger partial charge on any atom is 0.416 e. The van der Waals surface area contributed by atoms with Crippen molar-refractivity contribution in [2.45, 2.75) is 13.1 Å². The molecule has 3 N–H and O–H groups in total. The van der Waals surface area contributed by atoms with Gasteiger partial charge < -0.3 is 19.6 Å². The summed E-state index contributed by atoms with van der Waals surface area (Å²) in [4.78, 5) is 9.87. The van der Waals surface area contributed by atoms with Crippen LogP contribution in [0.1, 0.15) is 29.2 Å². The Labute approximate surface area is 170 Å². The van der Waals surface area contributed by atoms with Crippen molar-refractivity contribution in [3.63, 3.8) is 0 Å². The fraction of sp³-hybridized carbons (Fsp3) is 0.200. The van der Waals surface area contributed by atoms with Crippen molar-refractivity contribution in [2.75, 3.05) is 14.2 Å². The summed E-state index contributed by atoms with van der Waals surface area (Å²) in [6.45, 7) is 1.57. The number of benzene rings is 2. The van der Waals surface area contributed by atoms with E-state index in [4.69, 9.17) is 20.3 Å². The van der Waals surface area contributed by atoms with Gasteiger partial charge in [0.15, 0.2) is 11.5 Å². The van der Waals surface area contributed by atoms with Crippen molar-refractivity contribution in [3.05, 3.63) is 70.8 Å². The lowest BCUT2D eigenvalue weighted by atomic mass is 9.95. The van der Waals surface area contributed by atoms with Crippen LogP contribution in [0.15, 0.2) is 58.8 Å². The van der Waals surface area contributed by atoms with E-state index < -0.39 is 11.7 Å². The first-order valence-corrected chi connectivity index (χ1v) is 8.51. The number of methoxy groups -OCH3 is 1. The lowest BCUT2D eigenvalue weighted by molar-refractivity contribution is -0.137. The number of nitrogens with zero attached hydrogens (tertiary/aromatic N) is 2. The van der Waals surface area contributed by atoms with E-state index >= 15 is 0 Å². The molecular weight excluding hydrogens is 403 g/mol. The van der Waals surface area contributed by atoms with Gasteiger partial charge in [-0.25, -0.2) is 0 Å². The second-order valence-electron chi connectivity index (χ2n) is 5.93. The molecule has 0 aliphatic rings. The first kappa shape index (κ1) is 22.8. The van der Waals surface area contributed by atoms with Gasteiger partial charge in [0, 0.05) is 16.7 Å². The molecule has 10 heteroatoms. The van der Waals surface area contributed by atoms with Crippen molar-refractivity contribution in [1.82, 2.24) is 0 Å². The van der Waals surface area contributed by atoms with Gasteiger partial charge in [-0.2, -0.15) is 19.1 Å². The van der Waals surface area contributed by atoms with Gasteiger partial charge in [-0.15, -0.1) is 0 Å². The van der Waals surface area contributed by atoms with E-state index in [2.05, 4.69) is 10.3 Å². The highest BCUT2D eigenvalue weighted by molar-refractivity contribution is 6.45. The molecule has 0 amide bonds. The van der Waals surface area contributed by atoms with Crippen LogP contribution in [0, 0.1) is 0 Å². The molecule has 30 heavy (non-hydrogen) atoms. The number of rotatable bonds is 6. The van der Waals surface area contributed by atoms with Crippen LogP contribution < -0.4 is 5.90 Å². The predicted octanol–water partition coefficient (Wildman–Crippen LogP) is 4.27. The maximum absolute atomic E-state index is 13.1. The molecule has 2 rings (SSSR count). The Bertz CT molecular complexity index is 985. The Balaban J connectivity index is 2.72. The quantitative estimate of drug-likeness (QED) is 0.181. The van der Waals surface area contributed by atoms with Gasteiger partial charge in [0.2, 0.25) is 0 Å². The summed E-state index contributed by atoms with van der Waals surface area (Å²) >= 11 is 0. The molecule has 2 aromatic carbocycles. The van der Waals surface area contributed by atoms with Gasteiger partial charge in [-0.05, 0) is 29.8 Å². The van der Waals surface area contributed by atoms with E-state index in [1.54, 1.807) is 31.2 Å². The van der Waals surface area contributed by atoms with Gasteiger partial charge >= 0.3 is 6.18 Å². The third kappa shape index (κ3) is 4.90. The van der Waals surface area contributed by atoms with Crippen molar-refractivity contribution in [3.8, 4) is 0 Å². The molecule has 7 nitrogen and oxygen atoms in total. The van der Waals surface area contributed by atoms with E-state index in [9.17, 15) is 18.4 Å². The average Bonchev–Trinajstić information content (AvgIpc) is 2.74. The Morgan fingerprint density at radius 2 is 1.70 bits per heavy atom. The van der Waals surface area contributed by atoms with Crippen molar-refractivity contribution >= 4 is 22.9 Å². The molecule has 0 unspecified atom stereocenters. The number of alkyl halides is 3. The Morgan fingerprint density at radius 1 is 1.03 bits per heavy atom. The zero-order chi connectivity index (χ0) is 22.3. The minimum Gasteiger partial charge on any atom is -0.477 e. The van der Waals surface area contributed by atoms with Crippen LogP contribution in [0.2, 0.25) is 0 Å². The molecule has 0 saturated heterocycles. The van der Waals surface area contributed by atoms with Crippen LogP contribution in [0.25, 0.3) is 11.3 Å². The number of hydrogen-bond acceptors (Lipinski definition) is 7. The fourth-order valence-electron chi connectivity index (χ4n) is 2.78.